The summed E-state index contributed by atoms with van der Waals surface area (Å²) in [6, 6.07) is 25.3. The van der Waals surface area contributed by atoms with Crippen molar-refractivity contribution in [2.24, 2.45) is 5.92 Å². The van der Waals surface area contributed by atoms with Crippen LogP contribution in [0, 0.1) is 5.92 Å². The molecule has 32 heavy (non-hydrogen) atoms. The molecule has 1 aliphatic rings. The van der Waals surface area contributed by atoms with Crippen molar-refractivity contribution in [3.63, 3.8) is 0 Å². The Morgan fingerprint density at radius 2 is 1.56 bits per heavy atom. The van der Waals surface area contributed by atoms with E-state index in [2.05, 4.69) is 20.9 Å². The van der Waals surface area contributed by atoms with Crippen LogP contribution in [0.5, 0.6) is 5.75 Å². The molecule has 8 nitrogen and oxygen atoms in total. The van der Waals surface area contributed by atoms with E-state index in [0.717, 1.165) is 5.56 Å². The van der Waals surface area contributed by atoms with E-state index in [1.54, 1.807) is 54.6 Å². The van der Waals surface area contributed by atoms with Gasteiger partial charge in [-0.3, -0.25) is 14.9 Å². The van der Waals surface area contributed by atoms with E-state index in [-0.39, 0.29) is 6.54 Å². The second-order valence-electron chi connectivity index (χ2n) is 7.35. The fourth-order valence-electron chi connectivity index (χ4n) is 3.35. The van der Waals surface area contributed by atoms with Gasteiger partial charge in [-0.25, -0.2) is 13.8 Å². The first-order valence-electron chi connectivity index (χ1n) is 10.1. The minimum absolute atomic E-state index is 0.185. The Balaban J connectivity index is 1.36. The van der Waals surface area contributed by atoms with E-state index in [1.165, 1.54) is 0 Å². The Morgan fingerprint density at radius 3 is 2.25 bits per heavy atom. The molecule has 4 N–H and O–H groups in total. The molecular weight excluding hydrogens is 428 g/mol. The van der Waals surface area contributed by atoms with Gasteiger partial charge in [-0.05, 0) is 42.0 Å². The summed E-state index contributed by atoms with van der Waals surface area (Å²) in [6.07, 6.45) is 0. The maximum Gasteiger partial charge on any atom is 0.250 e. The molecule has 0 spiro atoms. The van der Waals surface area contributed by atoms with Crippen molar-refractivity contribution in [3.8, 4) is 5.75 Å². The first kappa shape index (κ1) is 21.8. The molecule has 9 heteroatoms. The summed E-state index contributed by atoms with van der Waals surface area (Å²) >= 11 is 0. The molecule has 0 saturated carbocycles. The number of benzene rings is 3. The van der Waals surface area contributed by atoms with Crippen molar-refractivity contribution in [1.82, 2.24) is 10.9 Å². The first-order valence-corrected chi connectivity index (χ1v) is 11.7. The maximum absolute atomic E-state index is 12.8. The lowest BCUT2D eigenvalue weighted by molar-refractivity contribution is -0.119. The third kappa shape index (κ3) is 5.44. The highest BCUT2D eigenvalue weighted by molar-refractivity contribution is 7.93. The molecule has 0 aliphatic carbocycles. The van der Waals surface area contributed by atoms with Crippen LogP contribution >= 0.6 is 0 Å². The maximum atomic E-state index is 12.8. The number of hydrogen-bond donors (Lipinski definition) is 4. The summed E-state index contributed by atoms with van der Waals surface area (Å²) in [5.74, 6) is -0.544. The molecule has 2 atom stereocenters. The molecule has 1 aliphatic heterocycles. The van der Waals surface area contributed by atoms with Crippen molar-refractivity contribution >= 4 is 27.3 Å². The molecule has 166 valence electrons. The number of carbonyl (C=O) groups excluding carboxylic acids is 1. The van der Waals surface area contributed by atoms with Gasteiger partial charge in [0, 0.05) is 17.9 Å². The van der Waals surface area contributed by atoms with Gasteiger partial charge >= 0.3 is 0 Å². The standard InChI is InChI=1S/C23H24N4O4S/c28-22(21-15-24-26-23(21)32(29,30)27-19-9-5-2-6-10-19)25-18-11-13-20(14-12-18)31-16-17-7-3-1-4-8-17/h1-14,21,23-24,26-27H,15-16H2,(H,25,28). The Bertz CT molecular complexity index is 1140. The summed E-state index contributed by atoms with van der Waals surface area (Å²) < 4.78 is 33.9. The lowest BCUT2D eigenvalue weighted by Crippen LogP contribution is -2.45. The van der Waals surface area contributed by atoms with Crippen molar-refractivity contribution in [1.29, 1.82) is 0 Å². The number of amides is 1. The highest BCUT2D eigenvalue weighted by Gasteiger charge is 2.41. The third-order valence-corrected chi connectivity index (χ3v) is 6.64. The zero-order chi connectivity index (χ0) is 22.4. The van der Waals surface area contributed by atoms with E-state index in [4.69, 9.17) is 4.74 Å². The number of hydrogen-bond acceptors (Lipinski definition) is 6. The predicted molar refractivity (Wildman–Crippen MR) is 123 cm³/mol. The number of nitrogens with one attached hydrogen (secondary N) is 4. The fourth-order valence-corrected chi connectivity index (χ4v) is 4.83. The van der Waals surface area contributed by atoms with Crippen LogP contribution in [0.1, 0.15) is 5.56 Å². The lowest BCUT2D eigenvalue weighted by atomic mass is 10.1. The normalized spacial score (nSPS) is 18.1. The number of rotatable bonds is 8. The smallest absolute Gasteiger partial charge is 0.250 e. The van der Waals surface area contributed by atoms with Crippen LogP contribution in [-0.2, 0) is 21.4 Å². The minimum atomic E-state index is -3.84. The van der Waals surface area contributed by atoms with Crippen LogP contribution in [0.4, 0.5) is 11.4 Å². The summed E-state index contributed by atoms with van der Waals surface area (Å²) in [7, 11) is -3.84. The van der Waals surface area contributed by atoms with Gasteiger partial charge in [0.2, 0.25) is 5.91 Å². The van der Waals surface area contributed by atoms with E-state index in [1.807, 2.05) is 30.3 Å². The van der Waals surface area contributed by atoms with Crippen LogP contribution in [-0.4, -0.2) is 26.2 Å². The van der Waals surface area contributed by atoms with Gasteiger partial charge in [-0.2, -0.15) is 0 Å². The van der Waals surface area contributed by atoms with Gasteiger partial charge < -0.3 is 10.1 Å². The second-order valence-corrected chi connectivity index (χ2v) is 9.16. The molecule has 2 unspecified atom stereocenters. The molecule has 1 heterocycles. The molecule has 0 radical (unpaired) electrons. The van der Waals surface area contributed by atoms with Crippen molar-refractivity contribution < 1.29 is 17.9 Å². The van der Waals surface area contributed by atoms with Crippen molar-refractivity contribution in [3.05, 3.63) is 90.5 Å². The van der Waals surface area contributed by atoms with Crippen LogP contribution in [0.15, 0.2) is 84.9 Å². The van der Waals surface area contributed by atoms with Crippen LogP contribution in [0.3, 0.4) is 0 Å². The Kier molecular flexibility index (Phi) is 6.69. The molecule has 3 aromatic rings. The first-order chi connectivity index (χ1) is 15.5. The third-order valence-electron chi connectivity index (χ3n) is 5.01. The summed E-state index contributed by atoms with van der Waals surface area (Å²) in [4.78, 5) is 12.8. The van der Waals surface area contributed by atoms with E-state index in [0.29, 0.717) is 23.7 Å². The monoisotopic (exact) mass is 452 g/mol. The quantitative estimate of drug-likeness (QED) is 0.419. The predicted octanol–water partition coefficient (Wildman–Crippen LogP) is 2.70. The summed E-state index contributed by atoms with van der Waals surface area (Å²) in [6.45, 7) is 0.629. The molecule has 1 amide bonds. The van der Waals surface area contributed by atoms with Crippen molar-refractivity contribution in [2.75, 3.05) is 16.6 Å². The average molecular weight is 453 g/mol. The van der Waals surface area contributed by atoms with E-state index >= 15 is 0 Å². The Hall–Kier alpha value is -3.40. The number of para-hydroxylation sites is 1. The molecule has 4 rings (SSSR count). The largest absolute Gasteiger partial charge is 0.489 e. The van der Waals surface area contributed by atoms with E-state index in [9.17, 15) is 13.2 Å². The Morgan fingerprint density at radius 1 is 0.906 bits per heavy atom. The highest BCUT2D eigenvalue weighted by Crippen LogP contribution is 2.21. The number of sulfonamides is 1. The molecule has 1 saturated heterocycles. The SMILES string of the molecule is O=C(Nc1ccc(OCc2ccccc2)cc1)C1CNNC1S(=O)(=O)Nc1ccccc1. The topological polar surface area (TPSA) is 109 Å². The molecule has 0 bridgehead atoms. The van der Waals surface area contributed by atoms with E-state index < -0.39 is 27.2 Å². The van der Waals surface area contributed by atoms with Crippen LogP contribution in [0.25, 0.3) is 0 Å². The zero-order valence-electron chi connectivity index (χ0n) is 17.2. The molecule has 3 aromatic carbocycles. The van der Waals surface area contributed by atoms with Gasteiger partial charge in [-0.15, -0.1) is 0 Å². The van der Waals surface area contributed by atoms with Gasteiger partial charge in [0.15, 0.2) is 5.37 Å². The summed E-state index contributed by atoms with van der Waals surface area (Å²) in [5.41, 5.74) is 7.52. The fraction of sp³-hybridized carbons (Fsp3) is 0.174. The zero-order valence-corrected chi connectivity index (χ0v) is 18.0. The number of hydrazine groups is 1. The molecular formula is C23H24N4O4S. The lowest BCUT2D eigenvalue weighted by Gasteiger charge is -2.19. The molecule has 1 fully saturated rings. The number of ether oxygens (including phenoxy) is 1. The van der Waals surface area contributed by atoms with Crippen LogP contribution < -0.4 is 25.6 Å². The minimum Gasteiger partial charge on any atom is -0.489 e. The van der Waals surface area contributed by atoms with Crippen molar-refractivity contribution in [2.45, 2.75) is 12.0 Å². The van der Waals surface area contributed by atoms with Gasteiger partial charge in [0.1, 0.15) is 12.4 Å². The van der Waals surface area contributed by atoms with Crippen LogP contribution in [0.2, 0.25) is 0 Å². The highest BCUT2D eigenvalue weighted by atomic mass is 32.2. The second kappa shape index (κ2) is 9.82. The summed E-state index contributed by atoms with van der Waals surface area (Å²) in [5, 5.41) is 1.67. The van der Waals surface area contributed by atoms with Gasteiger partial charge in [0.05, 0.1) is 5.92 Å². The number of anilines is 2. The number of carbonyl (C=O) groups is 1. The van der Waals surface area contributed by atoms with Gasteiger partial charge in [-0.1, -0.05) is 48.5 Å². The van der Waals surface area contributed by atoms with Gasteiger partial charge in [0.25, 0.3) is 10.0 Å². The average Bonchev–Trinajstić information content (AvgIpc) is 3.31. The Labute approximate surface area is 187 Å². The molecule has 0 aromatic heterocycles.